The molecule has 3 aromatic carbocycles. The molecule has 1 atom stereocenters. The molecule has 2 heterocycles. The first-order chi connectivity index (χ1) is 16.5. The van der Waals surface area contributed by atoms with E-state index in [-0.39, 0.29) is 11.5 Å². The van der Waals surface area contributed by atoms with Gasteiger partial charge in [-0.15, -0.1) is 0 Å². The summed E-state index contributed by atoms with van der Waals surface area (Å²) in [6.07, 6.45) is 2.79. The second-order valence-electron chi connectivity index (χ2n) is 8.74. The summed E-state index contributed by atoms with van der Waals surface area (Å²) >= 11 is 0. The number of amides is 1. The summed E-state index contributed by atoms with van der Waals surface area (Å²) < 4.78 is 5.18. The molecule has 1 aliphatic rings. The van der Waals surface area contributed by atoms with Crippen LogP contribution in [0.3, 0.4) is 0 Å². The minimum absolute atomic E-state index is 0.183. The van der Waals surface area contributed by atoms with Crippen molar-refractivity contribution in [3.8, 4) is 0 Å². The molecule has 1 amide bonds. The number of aromatic nitrogens is 1. The molecular formula is C27H25N3O4. The molecule has 7 heteroatoms. The van der Waals surface area contributed by atoms with Gasteiger partial charge in [0.1, 0.15) is 5.58 Å². The number of rotatable bonds is 5. The lowest BCUT2D eigenvalue weighted by atomic mass is 9.98. The first-order valence-corrected chi connectivity index (χ1v) is 11.4. The Morgan fingerprint density at radius 1 is 1.06 bits per heavy atom. The lowest BCUT2D eigenvalue weighted by Gasteiger charge is -2.12. The van der Waals surface area contributed by atoms with E-state index in [4.69, 9.17) is 4.42 Å². The zero-order chi connectivity index (χ0) is 23.7. The van der Waals surface area contributed by atoms with Crippen molar-refractivity contribution in [2.75, 3.05) is 11.9 Å². The van der Waals surface area contributed by atoms with Crippen LogP contribution in [0.25, 0.3) is 11.0 Å². The maximum Gasteiger partial charge on any atom is 0.419 e. The van der Waals surface area contributed by atoms with Gasteiger partial charge in [0.2, 0.25) is 0 Å². The molecule has 0 radical (unpaired) electrons. The van der Waals surface area contributed by atoms with Gasteiger partial charge in [-0.05, 0) is 85.3 Å². The largest absolute Gasteiger partial charge is 0.419 e. The highest BCUT2D eigenvalue weighted by Crippen LogP contribution is 2.24. The third kappa shape index (κ3) is 4.56. The Labute approximate surface area is 195 Å². The maximum atomic E-state index is 12.7. The number of carbonyl (C=O) groups is 1. The molecule has 1 aromatic heterocycles. The zero-order valence-corrected chi connectivity index (χ0v) is 18.8. The fourth-order valence-electron chi connectivity index (χ4n) is 4.55. The Morgan fingerprint density at radius 3 is 2.53 bits per heavy atom. The van der Waals surface area contributed by atoms with Gasteiger partial charge in [0.25, 0.3) is 11.5 Å². The van der Waals surface area contributed by atoms with E-state index in [1.165, 1.54) is 12.0 Å². The minimum Gasteiger partial charge on any atom is -0.409 e. The van der Waals surface area contributed by atoms with Gasteiger partial charge < -0.3 is 15.1 Å². The molecule has 34 heavy (non-hydrogen) atoms. The van der Waals surface area contributed by atoms with E-state index in [0.717, 1.165) is 35.3 Å². The molecule has 5 rings (SSSR count). The van der Waals surface area contributed by atoms with Crippen molar-refractivity contribution in [3.05, 3.63) is 109 Å². The smallest absolute Gasteiger partial charge is 0.409 e. The van der Waals surface area contributed by atoms with Crippen molar-refractivity contribution in [2.45, 2.75) is 32.2 Å². The van der Waals surface area contributed by atoms with Crippen LogP contribution in [0.15, 0.2) is 74.7 Å². The predicted molar refractivity (Wildman–Crippen MR) is 131 cm³/mol. The number of carbonyl (C=O) groups excluding carboxylic acids is 1. The van der Waals surface area contributed by atoms with Crippen molar-refractivity contribution in [2.24, 2.45) is 0 Å². The topological polar surface area (TPSA) is 104 Å². The summed E-state index contributed by atoms with van der Waals surface area (Å²) in [7, 11) is 0. The number of benzene rings is 3. The molecule has 0 aliphatic carbocycles. The van der Waals surface area contributed by atoms with Crippen molar-refractivity contribution < 1.29 is 9.21 Å². The number of H-pyrrole nitrogens is 1. The van der Waals surface area contributed by atoms with Crippen LogP contribution in [0.1, 0.15) is 51.5 Å². The van der Waals surface area contributed by atoms with Crippen LogP contribution in [0.4, 0.5) is 5.69 Å². The first kappa shape index (κ1) is 21.9. The Balaban J connectivity index is 1.31. The molecule has 1 fully saturated rings. The van der Waals surface area contributed by atoms with E-state index in [0.29, 0.717) is 23.4 Å². The summed E-state index contributed by atoms with van der Waals surface area (Å²) in [6, 6.07) is 19.2. The molecule has 7 nitrogen and oxygen atoms in total. The van der Waals surface area contributed by atoms with Gasteiger partial charge >= 0.3 is 5.76 Å². The molecule has 172 valence electrons. The van der Waals surface area contributed by atoms with Crippen LogP contribution in [0, 0.1) is 6.92 Å². The fraction of sp³-hybridized carbons (Fsp3) is 0.222. The summed E-state index contributed by atoms with van der Waals surface area (Å²) in [6.45, 7) is 2.93. The van der Waals surface area contributed by atoms with Gasteiger partial charge in [-0.25, -0.2) is 4.79 Å². The molecular weight excluding hydrogens is 430 g/mol. The van der Waals surface area contributed by atoms with Crippen LogP contribution in [-0.4, -0.2) is 17.4 Å². The lowest BCUT2D eigenvalue weighted by Crippen LogP contribution is -2.19. The van der Waals surface area contributed by atoms with Crippen LogP contribution in [0.5, 0.6) is 0 Å². The highest BCUT2D eigenvalue weighted by Gasteiger charge is 2.16. The standard InChI is InChI=1S/C27H25N3O4/c1-16-13-20(24-23(14-16)34-27(33)30-26(24)32)15-17-4-6-19(7-5-17)25(31)29-21-10-8-18(9-11-21)22-3-2-12-28-22/h4-11,13-14,22,28H,2-3,12,15H2,1H3,(H,29,31)(H,30,32,33). The number of nitrogens with one attached hydrogen (secondary N) is 3. The van der Waals surface area contributed by atoms with Gasteiger partial charge in [-0.2, -0.15) is 0 Å². The molecule has 0 spiro atoms. The van der Waals surface area contributed by atoms with Crippen molar-refractivity contribution >= 4 is 22.6 Å². The number of aryl methyl sites for hydroxylation is 1. The third-order valence-electron chi connectivity index (χ3n) is 6.22. The molecule has 1 unspecified atom stereocenters. The van der Waals surface area contributed by atoms with Crippen molar-refractivity contribution in [1.29, 1.82) is 0 Å². The van der Waals surface area contributed by atoms with E-state index in [1.54, 1.807) is 18.2 Å². The molecule has 1 aliphatic heterocycles. The third-order valence-corrected chi connectivity index (χ3v) is 6.22. The van der Waals surface area contributed by atoms with Crippen molar-refractivity contribution in [1.82, 2.24) is 10.3 Å². The number of anilines is 1. The van der Waals surface area contributed by atoms with Gasteiger partial charge in [0, 0.05) is 17.3 Å². The van der Waals surface area contributed by atoms with E-state index in [1.807, 2.05) is 37.3 Å². The van der Waals surface area contributed by atoms with Gasteiger partial charge in [-0.1, -0.05) is 30.3 Å². The Hall–Kier alpha value is -3.97. The second kappa shape index (κ2) is 9.11. The summed E-state index contributed by atoms with van der Waals surface area (Å²) in [5.74, 6) is -0.952. The number of fused-ring (bicyclic) bond motifs is 1. The van der Waals surface area contributed by atoms with Gasteiger partial charge in [0.05, 0.1) is 5.39 Å². The number of aromatic amines is 1. The Bertz CT molecular complexity index is 1460. The number of hydrogen-bond acceptors (Lipinski definition) is 5. The van der Waals surface area contributed by atoms with E-state index < -0.39 is 11.3 Å². The average molecular weight is 456 g/mol. The van der Waals surface area contributed by atoms with Crippen LogP contribution in [-0.2, 0) is 6.42 Å². The predicted octanol–water partition coefficient (Wildman–Crippen LogP) is 4.06. The molecule has 0 saturated carbocycles. The molecule has 3 N–H and O–H groups in total. The highest BCUT2D eigenvalue weighted by molar-refractivity contribution is 6.04. The summed E-state index contributed by atoms with van der Waals surface area (Å²) in [5, 5.41) is 6.78. The minimum atomic E-state index is -0.769. The second-order valence-corrected chi connectivity index (χ2v) is 8.74. The van der Waals surface area contributed by atoms with Gasteiger partial charge in [-0.3, -0.25) is 14.6 Å². The Kier molecular flexibility index (Phi) is 5.86. The average Bonchev–Trinajstić information content (AvgIpc) is 3.34. The SMILES string of the molecule is Cc1cc(Cc2ccc(C(=O)Nc3ccc(C4CCCN4)cc3)cc2)c2c(=O)[nH]c(=O)oc2c1. The quantitative estimate of drug-likeness (QED) is 0.421. The molecule has 4 aromatic rings. The van der Waals surface area contributed by atoms with E-state index in [9.17, 15) is 14.4 Å². The Morgan fingerprint density at radius 2 is 1.82 bits per heavy atom. The maximum absolute atomic E-state index is 12.7. The summed E-state index contributed by atoms with van der Waals surface area (Å²) in [4.78, 5) is 38.8. The fourth-order valence-corrected chi connectivity index (χ4v) is 4.55. The highest BCUT2D eigenvalue weighted by atomic mass is 16.4. The van der Waals surface area contributed by atoms with E-state index >= 15 is 0 Å². The normalized spacial score (nSPS) is 15.5. The first-order valence-electron chi connectivity index (χ1n) is 11.4. The van der Waals surface area contributed by atoms with Crippen LogP contribution >= 0.6 is 0 Å². The lowest BCUT2D eigenvalue weighted by molar-refractivity contribution is 0.102. The summed E-state index contributed by atoms with van der Waals surface area (Å²) in [5.41, 5.74) is 4.92. The van der Waals surface area contributed by atoms with E-state index in [2.05, 4.69) is 27.8 Å². The number of hydrogen-bond donors (Lipinski definition) is 3. The zero-order valence-electron chi connectivity index (χ0n) is 18.8. The molecule has 1 saturated heterocycles. The van der Waals surface area contributed by atoms with Gasteiger partial charge in [0.15, 0.2) is 0 Å². The van der Waals surface area contributed by atoms with Crippen molar-refractivity contribution in [3.63, 3.8) is 0 Å². The van der Waals surface area contributed by atoms with Crippen LogP contribution < -0.4 is 21.9 Å². The molecule has 0 bridgehead atoms. The van der Waals surface area contributed by atoms with Crippen LogP contribution in [0.2, 0.25) is 0 Å². The monoisotopic (exact) mass is 455 g/mol.